The number of thioether (sulfide) groups is 1. The van der Waals surface area contributed by atoms with Crippen molar-refractivity contribution in [3.8, 4) is 0 Å². The molecule has 1 heterocycles. The fourth-order valence-corrected chi connectivity index (χ4v) is 3.60. The average Bonchev–Trinajstić information content (AvgIpc) is 2.70. The van der Waals surface area contributed by atoms with Crippen molar-refractivity contribution in [1.82, 2.24) is 4.59 Å². The maximum Gasteiger partial charge on any atom is 0.300 e. The molecule has 0 amide bonds. The van der Waals surface area contributed by atoms with E-state index in [-0.39, 0.29) is 9.49 Å². The SMILES string of the molecule is CSC1=NCC[N+]1(N)c1cc(C)ccc1S(=O)(=O)O. The van der Waals surface area contributed by atoms with Gasteiger partial charge in [0.15, 0.2) is 10.6 Å². The van der Waals surface area contributed by atoms with E-state index in [0.29, 0.717) is 23.9 Å². The molecule has 0 saturated heterocycles. The van der Waals surface area contributed by atoms with Gasteiger partial charge < -0.3 is 0 Å². The van der Waals surface area contributed by atoms with Gasteiger partial charge in [-0.15, -0.1) is 0 Å². The summed E-state index contributed by atoms with van der Waals surface area (Å²) >= 11 is 1.38. The predicted octanol–water partition coefficient (Wildman–Crippen LogP) is 1.16. The molecule has 0 aliphatic carbocycles. The molecule has 0 radical (unpaired) electrons. The largest absolute Gasteiger partial charge is 0.300 e. The highest BCUT2D eigenvalue weighted by Gasteiger charge is 2.41. The highest BCUT2D eigenvalue weighted by atomic mass is 32.2. The molecule has 8 heteroatoms. The first kappa shape index (κ1) is 14.5. The van der Waals surface area contributed by atoms with E-state index in [1.807, 2.05) is 13.2 Å². The van der Waals surface area contributed by atoms with Gasteiger partial charge in [-0.05, 0) is 36.6 Å². The summed E-state index contributed by atoms with van der Waals surface area (Å²) in [5, 5.41) is 0.635. The van der Waals surface area contributed by atoms with Gasteiger partial charge in [0.1, 0.15) is 6.54 Å². The van der Waals surface area contributed by atoms with Crippen molar-refractivity contribution in [2.45, 2.75) is 11.8 Å². The van der Waals surface area contributed by atoms with Crippen molar-refractivity contribution >= 4 is 32.7 Å². The molecule has 0 aromatic heterocycles. The standard InChI is InChI=1S/C11H15N3O3S2/c1-8-3-4-10(19(15,16)17)9(7-8)14(12)6-5-13-11(14)18-2/h3-4,7H,5-6,12H2,1-2H3/p+1. The zero-order valence-corrected chi connectivity index (χ0v) is 12.3. The highest BCUT2D eigenvalue weighted by molar-refractivity contribution is 8.13. The quantitative estimate of drug-likeness (QED) is 0.486. The maximum atomic E-state index is 11.5. The molecule has 1 unspecified atom stereocenters. The van der Waals surface area contributed by atoms with Crippen LogP contribution in [0.1, 0.15) is 5.56 Å². The van der Waals surface area contributed by atoms with Crippen LogP contribution in [-0.2, 0) is 10.1 Å². The van der Waals surface area contributed by atoms with E-state index >= 15 is 0 Å². The molecule has 1 aliphatic heterocycles. The minimum absolute atomic E-state index is 0.163. The number of hydrogen-bond donors (Lipinski definition) is 2. The van der Waals surface area contributed by atoms with Gasteiger partial charge in [0.05, 0.1) is 6.54 Å². The summed E-state index contributed by atoms with van der Waals surface area (Å²) in [5.41, 5.74) is 1.23. The summed E-state index contributed by atoms with van der Waals surface area (Å²) in [6.07, 6.45) is 1.84. The van der Waals surface area contributed by atoms with Crippen molar-refractivity contribution in [3.63, 3.8) is 0 Å². The Hall–Kier alpha value is -0.930. The minimum Gasteiger partial charge on any atom is -0.282 e. The van der Waals surface area contributed by atoms with E-state index in [2.05, 4.69) is 4.99 Å². The summed E-state index contributed by atoms with van der Waals surface area (Å²) < 4.78 is 32.2. The topological polar surface area (TPSA) is 92.8 Å². The number of aliphatic imine (C=N–C) groups is 1. The number of benzene rings is 1. The highest BCUT2D eigenvalue weighted by Crippen LogP contribution is 2.33. The van der Waals surface area contributed by atoms with Gasteiger partial charge in [0.25, 0.3) is 5.17 Å². The van der Waals surface area contributed by atoms with Gasteiger partial charge in [0, 0.05) is 6.07 Å². The summed E-state index contributed by atoms with van der Waals surface area (Å²) in [5.74, 6) is 6.31. The van der Waals surface area contributed by atoms with Gasteiger partial charge in [0.2, 0.25) is 0 Å². The molecule has 3 N–H and O–H groups in total. The van der Waals surface area contributed by atoms with E-state index in [1.54, 1.807) is 12.1 Å². The second-order valence-corrected chi connectivity index (χ2v) is 6.57. The van der Waals surface area contributed by atoms with Gasteiger partial charge >= 0.3 is 10.1 Å². The van der Waals surface area contributed by atoms with Crippen molar-refractivity contribution in [2.24, 2.45) is 10.8 Å². The zero-order valence-electron chi connectivity index (χ0n) is 10.7. The van der Waals surface area contributed by atoms with Crippen LogP contribution < -0.4 is 10.4 Å². The third-order valence-electron chi connectivity index (χ3n) is 3.05. The molecule has 0 fully saturated rings. The lowest BCUT2D eigenvalue weighted by molar-refractivity contribution is 0.453. The minimum atomic E-state index is -4.32. The Morgan fingerprint density at radius 3 is 2.74 bits per heavy atom. The van der Waals surface area contributed by atoms with Crippen LogP contribution in [0.15, 0.2) is 28.1 Å². The van der Waals surface area contributed by atoms with Crippen LogP contribution in [0.2, 0.25) is 0 Å². The monoisotopic (exact) mass is 302 g/mol. The molecule has 2 rings (SSSR count). The number of nitrogens with zero attached hydrogens (tertiary/aromatic N) is 2. The van der Waals surface area contributed by atoms with Crippen molar-refractivity contribution in [2.75, 3.05) is 19.3 Å². The van der Waals surface area contributed by atoms with Crippen molar-refractivity contribution < 1.29 is 13.0 Å². The Morgan fingerprint density at radius 2 is 2.16 bits per heavy atom. The molecular formula is C11H16N3O3S2+. The van der Waals surface area contributed by atoms with Crippen molar-refractivity contribution in [1.29, 1.82) is 0 Å². The average molecular weight is 302 g/mol. The molecule has 1 atom stereocenters. The first-order valence-electron chi connectivity index (χ1n) is 5.63. The molecule has 6 nitrogen and oxygen atoms in total. The predicted molar refractivity (Wildman–Crippen MR) is 77.7 cm³/mol. The summed E-state index contributed by atoms with van der Waals surface area (Å²) in [6, 6.07) is 4.69. The molecular weight excluding hydrogens is 286 g/mol. The number of amidine groups is 1. The Balaban J connectivity index is 2.69. The fraction of sp³-hybridized carbons (Fsp3) is 0.364. The summed E-state index contributed by atoms with van der Waals surface area (Å²) in [6.45, 7) is 2.85. The van der Waals surface area contributed by atoms with Crippen LogP contribution in [0.25, 0.3) is 0 Å². The molecule has 104 valence electrons. The van der Waals surface area contributed by atoms with E-state index < -0.39 is 10.1 Å². The molecule has 0 spiro atoms. The normalized spacial score (nSPS) is 23.5. The lowest BCUT2D eigenvalue weighted by Crippen LogP contribution is -2.58. The Bertz CT molecular complexity index is 643. The Morgan fingerprint density at radius 1 is 1.47 bits per heavy atom. The number of rotatable bonds is 2. The lowest BCUT2D eigenvalue weighted by atomic mass is 10.2. The van der Waals surface area contributed by atoms with E-state index in [4.69, 9.17) is 5.84 Å². The van der Waals surface area contributed by atoms with Gasteiger partial charge in [-0.25, -0.2) is 4.99 Å². The van der Waals surface area contributed by atoms with Crippen LogP contribution in [0.5, 0.6) is 0 Å². The molecule has 0 bridgehead atoms. The second kappa shape index (κ2) is 4.88. The summed E-state index contributed by atoms with van der Waals surface area (Å²) in [4.78, 5) is 4.12. The first-order chi connectivity index (χ1) is 8.79. The molecule has 1 aromatic carbocycles. The van der Waals surface area contributed by atoms with Crippen LogP contribution in [-0.4, -0.2) is 37.5 Å². The van der Waals surface area contributed by atoms with Crippen LogP contribution in [0.4, 0.5) is 5.69 Å². The smallest absolute Gasteiger partial charge is 0.282 e. The van der Waals surface area contributed by atoms with Gasteiger partial charge in [-0.1, -0.05) is 6.07 Å². The third-order valence-corrected chi connectivity index (χ3v) is 4.77. The second-order valence-electron chi connectivity index (χ2n) is 4.41. The van der Waals surface area contributed by atoms with E-state index in [9.17, 15) is 13.0 Å². The zero-order chi connectivity index (χ0) is 14.3. The Labute approximate surface area is 116 Å². The maximum absolute atomic E-state index is 11.5. The van der Waals surface area contributed by atoms with E-state index in [0.717, 1.165) is 5.56 Å². The molecule has 1 aromatic rings. The van der Waals surface area contributed by atoms with Gasteiger partial charge in [-0.2, -0.15) is 18.9 Å². The molecule has 1 aliphatic rings. The van der Waals surface area contributed by atoms with Crippen LogP contribution >= 0.6 is 11.8 Å². The summed E-state index contributed by atoms with van der Waals surface area (Å²) in [7, 11) is -4.32. The molecule has 19 heavy (non-hydrogen) atoms. The van der Waals surface area contributed by atoms with Crippen molar-refractivity contribution in [3.05, 3.63) is 23.8 Å². The number of hydrogen-bond acceptors (Lipinski definition) is 5. The number of quaternary nitrogens is 1. The Kier molecular flexibility index (Phi) is 3.72. The fourth-order valence-electron chi connectivity index (χ4n) is 2.13. The number of aryl methyl sites for hydroxylation is 1. The lowest BCUT2D eigenvalue weighted by Gasteiger charge is -2.28. The third kappa shape index (κ3) is 2.54. The molecule has 0 saturated carbocycles. The van der Waals surface area contributed by atoms with Gasteiger partial charge in [-0.3, -0.25) is 4.55 Å². The first-order valence-corrected chi connectivity index (χ1v) is 8.30. The van der Waals surface area contributed by atoms with Crippen LogP contribution in [0, 0.1) is 6.92 Å². The van der Waals surface area contributed by atoms with Crippen LogP contribution in [0.3, 0.4) is 0 Å². The number of nitrogens with two attached hydrogens (primary N) is 1. The van der Waals surface area contributed by atoms with E-state index in [1.165, 1.54) is 17.8 Å².